The Balaban J connectivity index is 1.33. The van der Waals surface area contributed by atoms with Crippen molar-refractivity contribution in [1.82, 2.24) is 0 Å². The van der Waals surface area contributed by atoms with E-state index in [2.05, 4.69) is 20.6 Å². The van der Waals surface area contributed by atoms with E-state index in [1.807, 2.05) is 84.9 Å². The number of urea groups is 1. The van der Waals surface area contributed by atoms with Gasteiger partial charge in [0.2, 0.25) is 12.2 Å². The fraction of sp³-hybridized carbons (Fsp3) is 0.0690. The Morgan fingerprint density at radius 2 is 0.972 bits per heavy atom. The van der Waals surface area contributed by atoms with Crippen LogP contribution in [0.5, 0.6) is 0 Å². The molecule has 4 aromatic rings. The lowest BCUT2D eigenvalue weighted by atomic mass is 10.0. The molecule has 4 aromatic carbocycles. The van der Waals surface area contributed by atoms with Crippen LogP contribution in [0.25, 0.3) is 0 Å². The van der Waals surface area contributed by atoms with Gasteiger partial charge in [0.25, 0.3) is 0 Å². The van der Waals surface area contributed by atoms with E-state index in [0.717, 1.165) is 22.3 Å². The highest BCUT2D eigenvalue weighted by Crippen LogP contribution is 2.23. The normalized spacial score (nSPS) is 10.0. The van der Waals surface area contributed by atoms with E-state index in [1.54, 1.807) is 24.3 Å². The monoisotopic (exact) mass is 474 g/mol. The van der Waals surface area contributed by atoms with Crippen molar-refractivity contribution in [2.24, 2.45) is 9.98 Å². The fourth-order valence-electron chi connectivity index (χ4n) is 3.78. The number of amides is 2. The van der Waals surface area contributed by atoms with Crippen molar-refractivity contribution >= 4 is 40.9 Å². The number of carbonyl (C=O) groups excluding carboxylic acids is 3. The van der Waals surface area contributed by atoms with Crippen molar-refractivity contribution in [1.29, 1.82) is 0 Å². The molecule has 176 valence electrons. The van der Waals surface area contributed by atoms with Gasteiger partial charge < -0.3 is 10.6 Å². The summed E-state index contributed by atoms with van der Waals surface area (Å²) in [5, 5.41) is 5.64. The van der Waals surface area contributed by atoms with Gasteiger partial charge in [0.05, 0.1) is 11.4 Å². The lowest BCUT2D eigenvalue weighted by molar-refractivity contribution is 0.262. The summed E-state index contributed by atoms with van der Waals surface area (Å²) in [7, 11) is 0. The van der Waals surface area contributed by atoms with Gasteiger partial charge in [0.1, 0.15) is 0 Å². The molecule has 4 rings (SSSR count). The van der Waals surface area contributed by atoms with Gasteiger partial charge >= 0.3 is 6.03 Å². The van der Waals surface area contributed by atoms with E-state index in [1.165, 1.54) is 0 Å². The maximum atomic E-state index is 12.4. The van der Waals surface area contributed by atoms with E-state index in [-0.39, 0.29) is 6.03 Å². The maximum Gasteiger partial charge on any atom is 0.323 e. The molecule has 7 nitrogen and oxygen atoms in total. The Bertz CT molecular complexity index is 1340. The van der Waals surface area contributed by atoms with Gasteiger partial charge in [-0.25, -0.2) is 14.4 Å². The molecule has 0 aliphatic carbocycles. The third kappa shape index (κ3) is 6.49. The summed E-state index contributed by atoms with van der Waals surface area (Å²) < 4.78 is 0. The number of benzene rings is 4. The van der Waals surface area contributed by atoms with Gasteiger partial charge in [-0.1, -0.05) is 60.7 Å². The maximum absolute atomic E-state index is 12.4. The highest BCUT2D eigenvalue weighted by Gasteiger charge is 2.07. The van der Waals surface area contributed by atoms with Crippen LogP contribution in [0.2, 0.25) is 0 Å². The topological polar surface area (TPSA) is 100.0 Å². The largest absolute Gasteiger partial charge is 0.323 e. The second kappa shape index (κ2) is 11.9. The summed E-state index contributed by atoms with van der Waals surface area (Å²) >= 11 is 0. The first-order chi connectivity index (χ1) is 17.6. The molecule has 0 aliphatic rings. The minimum absolute atomic E-state index is 0.355. The predicted molar refractivity (Wildman–Crippen MR) is 140 cm³/mol. The number of aliphatic imine (C=N–C) groups is 2. The van der Waals surface area contributed by atoms with Crippen molar-refractivity contribution < 1.29 is 14.4 Å². The molecule has 0 atom stereocenters. The number of isocyanates is 2. The fourth-order valence-corrected chi connectivity index (χ4v) is 3.78. The second-order valence-electron chi connectivity index (χ2n) is 7.99. The number of para-hydroxylation sites is 2. The van der Waals surface area contributed by atoms with Gasteiger partial charge in [0, 0.05) is 11.4 Å². The van der Waals surface area contributed by atoms with Gasteiger partial charge in [-0.05, 0) is 71.5 Å². The zero-order chi connectivity index (χ0) is 25.2. The van der Waals surface area contributed by atoms with Crippen LogP contribution in [0, 0.1) is 0 Å². The molecule has 0 aromatic heterocycles. The summed E-state index contributed by atoms with van der Waals surface area (Å²) in [5.74, 6) is 0. The molecule has 36 heavy (non-hydrogen) atoms. The summed E-state index contributed by atoms with van der Waals surface area (Å²) in [6.07, 6.45) is 4.38. The standard InChI is InChI=1S/C29H22N4O3/c34-19-30-27-7-3-1-5-23(27)17-21-9-13-25(14-10-21)32-29(36)33-26-15-11-22(12-16-26)18-24-6-2-4-8-28(24)31-20-35/h1-16H,17-18H2,(H2,32,33,36). The average molecular weight is 475 g/mol. The van der Waals surface area contributed by atoms with Crippen molar-refractivity contribution in [3.63, 3.8) is 0 Å². The molecular formula is C29H22N4O3. The van der Waals surface area contributed by atoms with Crippen molar-refractivity contribution in [3.8, 4) is 0 Å². The van der Waals surface area contributed by atoms with Crippen LogP contribution in [0.15, 0.2) is 107 Å². The molecular weight excluding hydrogens is 452 g/mol. The van der Waals surface area contributed by atoms with Crippen molar-refractivity contribution in [2.45, 2.75) is 12.8 Å². The number of nitrogens with one attached hydrogen (secondary N) is 2. The molecule has 0 unspecified atom stereocenters. The van der Waals surface area contributed by atoms with Gasteiger partial charge in [0.15, 0.2) is 0 Å². The van der Waals surface area contributed by atoms with E-state index in [0.29, 0.717) is 35.6 Å². The Hall–Kier alpha value is -5.09. The van der Waals surface area contributed by atoms with Crippen molar-refractivity contribution in [3.05, 3.63) is 119 Å². The predicted octanol–water partition coefficient (Wildman–Crippen LogP) is 6.45. The van der Waals surface area contributed by atoms with Crippen molar-refractivity contribution in [2.75, 3.05) is 10.6 Å². The quantitative estimate of drug-likeness (QED) is 0.227. The molecule has 0 aliphatic heterocycles. The summed E-state index contributed by atoms with van der Waals surface area (Å²) in [5.41, 5.74) is 6.37. The number of nitrogens with zero attached hydrogens (tertiary/aromatic N) is 2. The molecule has 0 saturated carbocycles. The van der Waals surface area contributed by atoms with Crippen LogP contribution < -0.4 is 10.6 Å². The van der Waals surface area contributed by atoms with Crippen LogP contribution in [0.3, 0.4) is 0 Å². The number of hydrogen-bond acceptors (Lipinski definition) is 5. The lowest BCUT2D eigenvalue weighted by Crippen LogP contribution is -2.19. The molecule has 0 radical (unpaired) electrons. The third-order valence-electron chi connectivity index (χ3n) is 5.53. The zero-order valence-electron chi connectivity index (χ0n) is 19.3. The Labute approximate surface area is 208 Å². The summed E-state index contributed by atoms with van der Waals surface area (Å²) in [4.78, 5) is 41.2. The zero-order valence-corrected chi connectivity index (χ0v) is 19.3. The minimum Gasteiger partial charge on any atom is -0.308 e. The highest BCUT2D eigenvalue weighted by atomic mass is 16.2. The molecule has 0 bridgehead atoms. The summed E-state index contributed by atoms with van der Waals surface area (Å²) in [6.45, 7) is 0. The van der Waals surface area contributed by atoms with Crippen LogP contribution >= 0.6 is 0 Å². The molecule has 2 N–H and O–H groups in total. The summed E-state index contributed by atoms with van der Waals surface area (Å²) in [6, 6.07) is 29.4. The molecule has 0 fully saturated rings. The van der Waals surface area contributed by atoms with E-state index >= 15 is 0 Å². The molecule has 7 heteroatoms. The number of rotatable bonds is 8. The van der Waals surface area contributed by atoms with Gasteiger partial charge in [-0.2, -0.15) is 9.98 Å². The molecule has 0 saturated heterocycles. The molecule has 2 amide bonds. The highest BCUT2D eigenvalue weighted by molar-refractivity contribution is 5.99. The molecule has 0 heterocycles. The van der Waals surface area contributed by atoms with Gasteiger partial charge in [-0.3, -0.25) is 0 Å². The third-order valence-corrected chi connectivity index (χ3v) is 5.53. The minimum atomic E-state index is -0.355. The average Bonchev–Trinajstić information content (AvgIpc) is 2.89. The van der Waals surface area contributed by atoms with Gasteiger partial charge in [-0.15, -0.1) is 0 Å². The first kappa shape index (κ1) is 24.0. The second-order valence-corrected chi connectivity index (χ2v) is 7.99. The van der Waals surface area contributed by atoms with Crippen LogP contribution in [-0.2, 0) is 22.4 Å². The Morgan fingerprint density at radius 1 is 0.583 bits per heavy atom. The SMILES string of the molecule is O=C=Nc1ccccc1Cc1ccc(NC(=O)Nc2ccc(Cc3ccccc3N=C=O)cc2)cc1. The number of anilines is 2. The smallest absolute Gasteiger partial charge is 0.308 e. The van der Waals surface area contributed by atoms with Crippen LogP contribution in [0.4, 0.5) is 27.5 Å². The Morgan fingerprint density at radius 3 is 1.36 bits per heavy atom. The van der Waals surface area contributed by atoms with Crippen LogP contribution in [0.1, 0.15) is 22.3 Å². The first-order valence-electron chi connectivity index (χ1n) is 11.2. The first-order valence-corrected chi connectivity index (χ1v) is 11.2. The van der Waals surface area contributed by atoms with E-state index < -0.39 is 0 Å². The van der Waals surface area contributed by atoms with E-state index in [4.69, 9.17) is 0 Å². The van der Waals surface area contributed by atoms with E-state index in [9.17, 15) is 14.4 Å². The Kier molecular flexibility index (Phi) is 7.92. The number of carbonyl (C=O) groups is 1. The molecule has 0 spiro atoms. The lowest BCUT2D eigenvalue weighted by Gasteiger charge is -2.10. The van der Waals surface area contributed by atoms with Crippen LogP contribution in [-0.4, -0.2) is 18.2 Å². The number of hydrogen-bond donors (Lipinski definition) is 2.